The van der Waals surface area contributed by atoms with Crippen LogP contribution in [0.4, 0.5) is 0 Å². The number of fused-ring (bicyclic) bond motifs is 1. The maximum absolute atomic E-state index is 13.2. The molecule has 3 rings (SSSR count). The molecule has 0 aliphatic carbocycles. The number of carbonyl (C=O) groups is 2. The standard InChI is InChI=1S/C23H36N4O7S/c1-3-4-10-26(11-8-24)21(28)14-27-13-17(16-5-6-19-20(12-16)34-15-33-19)22(23(29)30)18(27)7-9-25-35(2,31)32/h5-6,12,17-18,22,25H,3-4,7-11,13-15,24H2,1-2H3,(H,29,30)/t17-,18+,22?/m1/s1. The van der Waals surface area contributed by atoms with E-state index >= 15 is 0 Å². The molecule has 1 unspecified atom stereocenters. The van der Waals surface area contributed by atoms with Crippen LogP contribution in [0.3, 0.4) is 0 Å². The molecule has 0 spiro atoms. The molecule has 1 amide bonds. The highest BCUT2D eigenvalue weighted by molar-refractivity contribution is 7.88. The largest absolute Gasteiger partial charge is 0.481 e. The molecule has 2 aliphatic rings. The Kier molecular flexibility index (Phi) is 9.34. The lowest BCUT2D eigenvalue weighted by Gasteiger charge is -2.29. The molecule has 3 atom stereocenters. The Hall–Kier alpha value is -2.41. The quantitative estimate of drug-likeness (QED) is 0.341. The molecule has 1 aromatic carbocycles. The third-order valence-electron chi connectivity index (χ3n) is 6.53. The number of aliphatic carboxylic acids is 1. The average Bonchev–Trinajstić information content (AvgIpc) is 3.40. The van der Waals surface area contributed by atoms with E-state index < -0.39 is 33.9 Å². The zero-order valence-electron chi connectivity index (χ0n) is 20.3. The van der Waals surface area contributed by atoms with Crippen LogP contribution in [-0.2, 0) is 19.6 Å². The first-order chi connectivity index (χ1) is 16.6. The van der Waals surface area contributed by atoms with Gasteiger partial charge >= 0.3 is 5.97 Å². The average molecular weight is 513 g/mol. The van der Waals surface area contributed by atoms with Crippen LogP contribution in [0.5, 0.6) is 11.5 Å². The SMILES string of the molecule is CCCCN(CCN)C(=O)CN1C[C@H](c2ccc3c(c2)OCO3)C(C(=O)O)[C@@H]1CCNS(C)(=O)=O. The van der Waals surface area contributed by atoms with E-state index in [1.54, 1.807) is 17.0 Å². The van der Waals surface area contributed by atoms with Crippen molar-refractivity contribution in [2.24, 2.45) is 11.7 Å². The highest BCUT2D eigenvalue weighted by Crippen LogP contribution is 2.42. The van der Waals surface area contributed by atoms with Gasteiger partial charge in [-0.15, -0.1) is 0 Å². The van der Waals surface area contributed by atoms with Gasteiger partial charge in [-0.05, 0) is 30.5 Å². The lowest BCUT2D eigenvalue weighted by atomic mass is 9.84. The molecule has 2 aliphatic heterocycles. The number of nitrogens with two attached hydrogens (primary N) is 1. The van der Waals surface area contributed by atoms with Crippen molar-refractivity contribution in [2.45, 2.75) is 38.1 Å². The molecule has 35 heavy (non-hydrogen) atoms. The van der Waals surface area contributed by atoms with Crippen LogP contribution in [-0.4, -0.2) is 93.6 Å². The van der Waals surface area contributed by atoms with Gasteiger partial charge in [0, 0.05) is 44.7 Å². The highest BCUT2D eigenvalue weighted by atomic mass is 32.2. The van der Waals surface area contributed by atoms with Crippen molar-refractivity contribution < 1.29 is 32.6 Å². The van der Waals surface area contributed by atoms with Crippen LogP contribution in [0.1, 0.15) is 37.7 Å². The van der Waals surface area contributed by atoms with Gasteiger partial charge in [0.2, 0.25) is 22.7 Å². The molecular weight excluding hydrogens is 476 g/mol. The molecule has 0 saturated carbocycles. The van der Waals surface area contributed by atoms with E-state index in [0.29, 0.717) is 37.7 Å². The summed E-state index contributed by atoms with van der Waals surface area (Å²) >= 11 is 0. The van der Waals surface area contributed by atoms with Crippen LogP contribution in [0, 0.1) is 5.92 Å². The number of amides is 1. The number of likely N-dealkylation sites (tertiary alicyclic amines) is 1. The molecule has 1 saturated heterocycles. The summed E-state index contributed by atoms with van der Waals surface area (Å²) in [4.78, 5) is 29.2. The number of unbranched alkanes of at least 4 members (excludes halogenated alkanes) is 1. The van der Waals surface area contributed by atoms with Gasteiger partial charge in [-0.1, -0.05) is 19.4 Å². The molecule has 11 nitrogen and oxygen atoms in total. The number of sulfonamides is 1. The number of rotatable bonds is 13. The van der Waals surface area contributed by atoms with Gasteiger partial charge in [0.05, 0.1) is 18.7 Å². The summed E-state index contributed by atoms with van der Waals surface area (Å²) in [6.07, 6.45) is 3.10. The number of ether oxygens (including phenoxy) is 2. The van der Waals surface area contributed by atoms with Crippen molar-refractivity contribution in [1.82, 2.24) is 14.5 Å². The first-order valence-corrected chi connectivity index (χ1v) is 13.8. The van der Waals surface area contributed by atoms with Gasteiger partial charge in [-0.25, -0.2) is 13.1 Å². The van der Waals surface area contributed by atoms with Crippen molar-refractivity contribution in [1.29, 1.82) is 0 Å². The van der Waals surface area contributed by atoms with Crippen molar-refractivity contribution in [3.05, 3.63) is 23.8 Å². The summed E-state index contributed by atoms with van der Waals surface area (Å²) in [6.45, 7) is 3.98. The van der Waals surface area contributed by atoms with E-state index in [2.05, 4.69) is 4.72 Å². The second-order valence-electron chi connectivity index (χ2n) is 9.06. The van der Waals surface area contributed by atoms with Crippen molar-refractivity contribution >= 4 is 21.9 Å². The summed E-state index contributed by atoms with van der Waals surface area (Å²) in [5, 5.41) is 10.2. The van der Waals surface area contributed by atoms with E-state index in [9.17, 15) is 23.1 Å². The zero-order valence-corrected chi connectivity index (χ0v) is 21.1. The van der Waals surface area contributed by atoms with Gasteiger partial charge in [-0.2, -0.15) is 0 Å². The van der Waals surface area contributed by atoms with E-state index in [0.717, 1.165) is 24.7 Å². The Morgan fingerprint density at radius 1 is 1.26 bits per heavy atom. The molecule has 2 heterocycles. The number of carboxylic acid groups (broad SMARTS) is 1. The smallest absolute Gasteiger partial charge is 0.308 e. The first-order valence-electron chi connectivity index (χ1n) is 11.9. The summed E-state index contributed by atoms with van der Waals surface area (Å²) < 4.78 is 36.5. The van der Waals surface area contributed by atoms with Crippen molar-refractivity contribution in [3.8, 4) is 11.5 Å². The topological polar surface area (TPSA) is 152 Å². The summed E-state index contributed by atoms with van der Waals surface area (Å²) in [7, 11) is -3.43. The summed E-state index contributed by atoms with van der Waals surface area (Å²) in [5.41, 5.74) is 6.49. The predicted octanol–water partition coefficient (Wildman–Crippen LogP) is 0.411. The fourth-order valence-electron chi connectivity index (χ4n) is 4.87. The number of hydrogen-bond donors (Lipinski definition) is 3. The molecule has 4 N–H and O–H groups in total. The maximum Gasteiger partial charge on any atom is 0.308 e. The van der Waals surface area contributed by atoms with E-state index in [4.69, 9.17) is 15.2 Å². The van der Waals surface area contributed by atoms with Crippen molar-refractivity contribution in [2.75, 3.05) is 52.3 Å². The molecule has 12 heteroatoms. The fraction of sp³-hybridized carbons (Fsp3) is 0.652. The van der Waals surface area contributed by atoms with E-state index in [-0.39, 0.29) is 32.2 Å². The number of benzene rings is 1. The Morgan fingerprint density at radius 3 is 2.66 bits per heavy atom. The van der Waals surface area contributed by atoms with Crippen molar-refractivity contribution in [3.63, 3.8) is 0 Å². The minimum Gasteiger partial charge on any atom is -0.481 e. The van der Waals surface area contributed by atoms with Crippen LogP contribution in [0.15, 0.2) is 18.2 Å². The third kappa shape index (κ3) is 7.06. The van der Waals surface area contributed by atoms with Gasteiger partial charge in [0.1, 0.15) is 0 Å². The number of nitrogens with one attached hydrogen (secondary N) is 1. The highest BCUT2D eigenvalue weighted by Gasteiger charge is 2.47. The van der Waals surface area contributed by atoms with Gasteiger partial charge in [-0.3, -0.25) is 14.5 Å². The molecule has 0 aromatic heterocycles. The molecule has 0 bridgehead atoms. The fourth-order valence-corrected chi connectivity index (χ4v) is 5.35. The Bertz CT molecular complexity index is 1000. The Morgan fingerprint density at radius 2 is 2.00 bits per heavy atom. The molecule has 196 valence electrons. The van der Waals surface area contributed by atoms with E-state index in [1.165, 1.54) is 0 Å². The second-order valence-corrected chi connectivity index (χ2v) is 10.9. The zero-order chi connectivity index (χ0) is 25.6. The molecule has 1 aromatic rings. The predicted molar refractivity (Wildman–Crippen MR) is 130 cm³/mol. The number of carbonyl (C=O) groups excluding carboxylic acids is 1. The van der Waals surface area contributed by atoms with Gasteiger partial charge in [0.25, 0.3) is 0 Å². The summed E-state index contributed by atoms with van der Waals surface area (Å²) in [5.74, 6) is -1.17. The maximum atomic E-state index is 13.2. The molecular formula is C23H36N4O7S. The number of hydrogen-bond acceptors (Lipinski definition) is 8. The first kappa shape index (κ1) is 27.2. The lowest BCUT2D eigenvalue weighted by molar-refractivity contribution is -0.143. The molecule has 1 fully saturated rings. The van der Waals surface area contributed by atoms with Gasteiger partial charge < -0.3 is 25.2 Å². The van der Waals surface area contributed by atoms with Crippen LogP contribution in [0.2, 0.25) is 0 Å². The van der Waals surface area contributed by atoms with E-state index in [1.807, 2.05) is 17.9 Å². The van der Waals surface area contributed by atoms with Crippen LogP contribution in [0.25, 0.3) is 0 Å². The lowest BCUT2D eigenvalue weighted by Crippen LogP contribution is -2.46. The monoisotopic (exact) mass is 512 g/mol. The molecule has 0 radical (unpaired) electrons. The van der Waals surface area contributed by atoms with Crippen LogP contribution >= 0.6 is 0 Å². The third-order valence-corrected chi connectivity index (χ3v) is 7.26. The second kappa shape index (κ2) is 12.0. The Balaban J connectivity index is 1.86. The van der Waals surface area contributed by atoms with Gasteiger partial charge in [0.15, 0.2) is 11.5 Å². The number of nitrogens with zero attached hydrogens (tertiary/aromatic N) is 2. The van der Waals surface area contributed by atoms with Crippen LogP contribution < -0.4 is 19.9 Å². The Labute approximate surface area is 206 Å². The minimum absolute atomic E-state index is 0.0398. The minimum atomic E-state index is -3.43. The normalized spacial score (nSPS) is 21.9. The summed E-state index contributed by atoms with van der Waals surface area (Å²) in [6, 6.07) is 4.85. The number of carboxylic acids is 1.